The minimum absolute atomic E-state index is 0.580. The van der Waals surface area contributed by atoms with Crippen LogP contribution in [0.4, 0.5) is 0 Å². The molecule has 0 aromatic heterocycles. The molecule has 4 nitrogen and oxygen atoms in total. The molecule has 0 heterocycles. The highest BCUT2D eigenvalue weighted by Gasteiger charge is 2.26. The van der Waals surface area contributed by atoms with E-state index in [1.165, 1.54) is 139 Å². The third kappa shape index (κ3) is 31.3. The molecule has 42 heavy (non-hydrogen) atoms. The Morgan fingerprint density at radius 3 is 0.714 bits per heavy atom. The first-order chi connectivity index (χ1) is 20.0. The SMILES string of the molecule is BrCCCCCCCCCCCCCCBr.CC(C)(CCCCCCCCCCCCCCC(C)(C)C(=O)O)C(=O)O. The van der Waals surface area contributed by atoms with Crippen molar-refractivity contribution in [1.82, 2.24) is 0 Å². The molecular weight excluding hydrogens is 656 g/mol. The van der Waals surface area contributed by atoms with Gasteiger partial charge in [-0.25, -0.2) is 0 Å². The van der Waals surface area contributed by atoms with E-state index >= 15 is 0 Å². The smallest absolute Gasteiger partial charge is 0.309 e. The molecule has 2 N–H and O–H groups in total. The maximum Gasteiger partial charge on any atom is 0.309 e. The summed E-state index contributed by atoms with van der Waals surface area (Å²) in [6.45, 7) is 7.23. The van der Waals surface area contributed by atoms with Gasteiger partial charge in [0.1, 0.15) is 0 Å². The number of unbranched alkanes of at least 4 members (excludes halogenated alkanes) is 22. The molecule has 6 heteroatoms. The number of carbonyl (C=O) groups is 2. The minimum atomic E-state index is -0.692. The Morgan fingerprint density at radius 2 is 0.548 bits per heavy atom. The maximum atomic E-state index is 11.0. The molecule has 0 radical (unpaired) electrons. The Labute approximate surface area is 278 Å². The molecule has 252 valence electrons. The van der Waals surface area contributed by atoms with E-state index in [4.69, 9.17) is 10.2 Å². The van der Waals surface area contributed by atoms with Crippen LogP contribution in [0.3, 0.4) is 0 Å². The summed E-state index contributed by atoms with van der Waals surface area (Å²) in [4.78, 5) is 22.0. The molecule has 0 aliphatic carbocycles. The van der Waals surface area contributed by atoms with Crippen molar-refractivity contribution in [2.75, 3.05) is 10.7 Å². The Hall–Kier alpha value is -0.100. The van der Waals surface area contributed by atoms with Gasteiger partial charge < -0.3 is 10.2 Å². The highest BCUT2D eigenvalue weighted by atomic mass is 79.9. The number of rotatable bonds is 30. The number of carboxylic acid groups (broad SMARTS) is 2. The Morgan fingerprint density at radius 1 is 0.381 bits per heavy atom. The van der Waals surface area contributed by atoms with Gasteiger partial charge in [0.2, 0.25) is 0 Å². The quantitative estimate of drug-likeness (QED) is 0.0571. The standard InChI is InChI=1S/C22H42O4.C14H28Br2/c1-21(2,19(23)24)17-15-13-11-9-7-5-6-8-10-12-14-16-18-22(3,4)20(25)26;15-13-11-9-7-5-3-1-2-4-6-8-10-12-14-16/h5-18H2,1-4H3,(H,23,24)(H,25,26);1-14H2. The molecule has 0 saturated heterocycles. The lowest BCUT2D eigenvalue weighted by atomic mass is 9.87. The third-order valence-electron chi connectivity index (χ3n) is 8.53. The van der Waals surface area contributed by atoms with Gasteiger partial charge >= 0.3 is 11.9 Å². The molecule has 0 aromatic carbocycles. The molecule has 0 rings (SSSR count). The zero-order valence-electron chi connectivity index (χ0n) is 28.3. The average Bonchev–Trinajstić information content (AvgIpc) is 2.94. The fourth-order valence-corrected chi connectivity index (χ4v) is 5.87. The molecule has 0 fully saturated rings. The lowest BCUT2D eigenvalue weighted by Gasteiger charge is -2.18. The zero-order valence-corrected chi connectivity index (χ0v) is 31.4. The third-order valence-corrected chi connectivity index (χ3v) is 9.65. The molecule has 0 amide bonds. The number of alkyl halides is 2. The van der Waals surface area contributed by atoms with Crippen molar-refractivity contribution in [3.8, 4) is 0 Å². The first-order valence-electron chi connectivity index (χ1n) is 17.6. The first kappa shape index (κ1) is 44.0. The summed E-state index contributed by atoms with van der Waals surface area (Å²) in [5.41, 5.74) is -1.16. The summed E-state index contributed by atoms with van der Waals surface area (Å²) in [6.07, 6.45) is 33.2. The van der Waals surface area contributed by atoms with Crippen LogP contribution in [0.15, 0.2) is 0 Å². The second kappa shape index (κ2) is 30.9. The molecular formula is C36H70Br2O4. The van der Waals surface area contributed by atoms with Gasteiger partial charge in [0.25, 0.3) is 0 Å². The lowest BCUT2D eigenvalue weighted by Crippen LogP contribution is -2.23. The number of hydrogen-bond donors (Lipinski definition) is 2. The van der Waals surface area contributed by atoms with Crippen molar-refractivity contribution in [3.05, 3.63) is 0 Å². The highest BCUT2D eigenvalue weighted by molar-refractivity contribution is 9.09. The Bertz CT molecular complexity index is 555. The zero-order chi connectivity index (χ0) is 32.0. The van der Waals surface area contributed by atoms with Crippen molar-refractivity contribution in [2.24, 2.45) is 10.8 Å². The van der Waals surface area contributed by atoms with Gasteiger partial charge in [-0.05, 0) is 53.4 Å². The molecule has 0 aliphatic heterocycles. The molecule has 0 spiro atoms. The molecule has 0 atom stereocenters. The molecule has 0 aromatic rings. The summed E-state index contributed by atoms with van der Waals surface area (Å²) in [5.74, 6) is -1.38. The molecule has 0 aliphatic rings. The first-order valence-corrected chi connectivity index (χ1v) is 19.8. The summed E-state index contributed by atoms with van der Waals surface area (Å²) in [6, 6.07) is 0. The second-order valence-corrected chi connectivity index (χ2v) is 15.3. The molecule has 0 saturated carbocycles. The van der Waals surface area contributed by atoms with Crippen LogP contribution in [-0.4, -0.2) is 32.8 Å². The number of halogens is 2. The van der Waals surface area contributed by atoms with Crippen molar-refractivity contribution < 1.29 is 19.8 Å². The molecule has 0 unspecified atom stereocenters. The van der Waals surface area contributed by atoms with Crippen molar-refractivity contribution in [1.29, 1.82) is 0 Å². The van der Waals surface area contributed by atoms with Gasteiger partial charge in [0, 0.05) is 10.7 Å². The predicted molar refractivity (Wildman–Crippen MR) is 190 cm³/mol. The van der Waals surface area contributed by atoms with E-state index in [2.05, 4.69) is 31.9 Å². The van der Waals surface area contributed by atoms with Gasteiger partial charge in [0.15, 0.2) is 0 Å². The summed E-state index contributed by atoms with van der Waals surface area (Å²) < 4.78 is 0. The van der Waals surface area contributed by atoms with Crippen LogP contribution in [0.1, 0.15) is 195 Å². The summed E-state index contributed by atoms with van der Waals surface area (Å²) >= 11 is 6.95. The Kier molecular flexibility index (Phi) is 32.4. The fourth-order valence-electron chi connectivity index (χ4n) is 5.07. The largest absolute Gasteiger partial charge is 0.481 e. The van der Waals surface area contributed by atoms with Crippen LogP contribution in [0, 0.1) is 10.8 Å². The number of aliphatic carboxylic acids is 2. The fraction of sp³-hybridized carbons (Fsp3) is 0.944. The normalized spacial score (nSPS) is 11.8. The number of carboxylic acids is 2. The van der Waals surface area contributed by atoms with Crippen molar-refractivity contribution in [3.63, 3.8) is 0 Å². The lowest BCUT2D eigenvalue weighted by molar-refractivity contribution is -0.148. The van der Waals surface area contributed by atoms with Gasteiger partial charge in [-0.2, -0.15) is 0 Å². The van der Waals surface area contributed by atoms with Crippen LogP contribution >= 0.6 is 31.9 Å². The van der Waals surface area contributed by atoms with Crippen LogP contribution in [0.25, 0.3) is 0 Å². The topological polar surface area (TPSA) is 74.6 Å². The highest BCUT2D eigenvalue weighted by Crippen LogP contribution is 2.25. The van der Waals surface area contributed by atoms with Crippen LogP contribution < -0.4 is 0 Å². The number of hydrogen-bond acceptors (Lipinski definition) is 2. The van der Waals surface area contributed by atoms with E-state index in [1.54, 1.807) is 0 Å². The van der Waals surface area contributed by atoms with E-state index in [-0.39, 0.29) is 0 Å². The van der Waals surface area contributed by atoms with E-state index in [0.29, 0.717) is 0 Å². The van der Waals surface area contributed by atoms with Crippen molar-refractivity contribution >= 4 is 43.8 Å². The van der Waals surface area contributed by atoms with Gasteiger partial charge in [0.05, 0.1) is 10.8 Å². The monoisotopic (exact) mass is 724 g/mol. The van der Waals surface area contributed by atoms with Gasteiger partial charge in [-0.3, -0.25) is 9.59 Å². The summed E-state index contributed by atoms with van der Waals surface area (Å²) in [7, 11) is 0. The van der Waals surface area contributed by atoms with E-state index < -0.39 is 22.8 Å². The van der Waals surface area contributed by atoms with E-state index in [1.807, 2.05) is 27.7 Å². The predicted octanol–water partition coefficient (Wildman–Crippen LogP) is 13.1. The van der Waals surface area contributed by atoms with E-state index in [9.17, 15) is 9.59 Å². The maximum absolute atomic E-state index is 11.0. The Balaban J connectivity index is 0. The van der Waals surface area contributed by atoms with Crippen LogP contribution in [0.2, 0.25) is 0 Å². The van der Waals surface area contributed by atoms with Crippen LogP contribution in [0.5, 0.6) is 0 Å². The second-order valence-electron chi connectivity index (χ2n) is 13.7. The van der Waals surface area contributed by atoms with Crippen molar-refractivity contribution in [2.45, 2.75) is 195 Å². The van der Waals surface area contributed by atoms with E-state index in [0.717, 1.165) is 38.5 Å². The minimum Gasteiger partial charge on any atom is -0.481 e. The molecule has 0 bridgehead atoms. The summed E-state index contributed by atoms with van der Waals surface area (Å²) in [5, 5.41) is 20.5. The van der Waals surface area contributed by atoms with Crippen LogP contribution in [-0.2, 0) is 9.59 Å². The van der Waals surface area contributed by atoms with Gasteiger partial charge in [-0.1, -0.05) is 173 Å². The average molecular weight is 727 g/mol. The van der Waals surface area contributed by atoms with Gasteiger partial charge in [-0.15, -0.1) is 0 Å².